The van der Waals surface area contributed by atoms with Crippen LogP contribution in [0.3, 0.4) is 0 Å². The van der Waals surface area contributed by atoms with Crippen LogP contribution >= 0.6 is 0 Å². The average molecular weight is 924 g/mol. The fourth-order valence-corrected chi connectivity index (χ4v) is 4.66. The maximum absolute atomic E-state index is 12.2. The van der Waals surface area contributed by atoms with Gasteiger partial charge in [-0.1, -0.05) is 89.3 Å². The highest BCUT2D eigenvalue weighted by Gasteiger charge is 2.32. The Labute approximate surface area is 369 Å². The van der Waals surface area contributed by atoms with Gasteiger partial charge in [0.05, 0.1) is 49.2 Å². The van der Waals surface area contributed by atoms with Gasteiger partial charge in [0.15, 0.2) is 0 Å². The van der Waals surface area contributed by atoms with E-state index in [9.17, 15) is 50.9 Å². The van der Waals surface area contributed by atoms with Gasteiger partial charge in [0.25, 0.3) is 12.8 Å². The van der Waals surface area contributed by atoms with E-state index in [1.807, 2.05) is 0 Å². The molecule has 0 spiro atoms. The summed E-state index contributed by atoms with van der Waals surface area (Å²) in [4.78, 5) is 33.2. The van der Waals surface area contributed by atoms with Crippen LogP contribution in [0.2, 0.25) is 0 Å². The Hall–Kier alpha value is -3.63. The normalized spacial score (nSPS) is 14.8. The molecule has 370 valence electrons. The zero-order valence-electron chi connectivity index (χ0n) is 38.2. The second-order valence-corrected chi connectivity index (χ2v) is 13.7. The van der Waals surface area contributed by atoms with Crippen molar-refractivity contribution in [1.29, 1.82) is 0 Å². The molecule has 0 bridgehead atoms. The van der Waals surface area contributed by atoms with Gasteiger partial charge in [-0.25, -0.2) is 0 Å². The highest BCUT2D eigenvalue weighted by atomic mass is 19.4. The van der Waals surface area contributed by atoms with E-state index in [-0.39, 0.29) is 51.0 Å². The number of carbonyl (C=O) groups excluding carboxylic acids is 3. The molecule has 6 atom stereocenters. The van der Waals surface area contributed by atoms with Crippen LogP contribution in [-0.4, -0.2) is 128 Å². The highest BCUT2D eigenvalue weighted by molar-refractivity contribution is 5.76. The van der Waals surface area contributed by atoms with E-state index < -0.39 is 66.3 Å². The average Bonchev–Trinajstić information content (AvgIpc) is 3.19. The van der Waals surface area contributed by atoms with Gasteiger partial charge in [-0.2, -0.15) is 26.3 Å². The third-order valence-electron chi connectivity index (χ3n) is 7.76. The van der Waals surface area contributed by atoms with Crippen molar-refractivity contribution < 1.29 is 80.1 Å². The molecule has 2 amide bonds. The smallest absolute Gasteiger partial charge is 0.416 e. The molecular weight excluding hydrogens is 848 g/mol. The van der Waals surface area contributed by atoms with Crippen LogP contribution in [0, 0.1) is 0 Å². The number of hydrogen-bond acceptors (Lipinski definition) is 12. The molecule has 0 rings (SSSR count). The van der Waals surface area contributed by atoms with Gasteiger partial charge in [0, 0.05) is 32.2 Å². The summed E-state index contributed by atoms with van der Waals surface area (Å²) in [5.41, 5.74) is -1.68. The molecule has 0 aromatic carbocycles. The lowest BCUT2D eigenvalue weighted by atomic mass is 10.1. The van der Waals surface area contributed by atoms with Gasteiger partial charge >= 0.3 is 12.4 Å². The van der Waals surface area contributed by atoms with Crippen molar-refractivity contribution in [3.05, 3.63) is 60.4 Å². The second kappa shape index (κ2) is 41.1. The molecule has 20 heteroatoms. The van der Waals surface area contributed by atoms with Crippen molar-refractivity contribution in [2.24, 2.45) is 0 Å². The molecule has 0 saturated carbocycles. The zero-order valence-corrected chi connectivity index (χ0v) is 38.2. The number of aliphatic hydroxyl groups excluding tert-OH is 4. The van der Waals surface area contributed by atoms with Gasteiger partial charge in [-0.05, 0) is 54.2 Å². The summed E-state index contributed by atoms with van der Waals surface area (Å²) in [6.45, 7) is 17.8. The number of aliphatic hydroxyl groups is 4. The van der Waals surface area contributed by atoms with Crippen LogP contribution in [0.4, 0.5) is 26.3 Å². The minimum atomic E-state index is -4.48. The number of carbonyl (C=O) groups is 3. The lowest BCUT2D eigenvalue weighted by Crippen LogP contribution is -2.45. The molecule has 7 N–H and O–H groups in total. The number of rotatable bonds is 29. The summed E-state index contributed by atoms with van der Waals surface area (Å²) in [7, 11) is 1.60. The van der Waals surface area contributed by atoms with Crippen molar-refractivity contribution in [2.45, 2.75) is 156 Å². The summed E-state index contributed by atoms with van der Waals surface area (Å²) in [5, 5.41) is 43.8. The Kier molecular flexibility index (Phi) is 43.0. The first kappa shape index (κ1) is 66.0. The molecule has 0 aliphatic heterocycles. The quantitative estimate of drug-likeness (QED) is 0.0139. The van der Waals surface area contributed by atoms with Crippen LogP contribution in [-0.2, 0) is 33.3 Å². The topological polar surface area (TPSA) is 205 Å². The summed E-state index contributed by atoms with van der Waals surface area (Å²) in [5.74, 6) is -0.553. The molecule has 0 saturated heterocycles. The summed E-state index contributed by atoms with van der Waals surface area (Å²) in [6, 6.07) is -0.413. The number of allylic oxidation sites excluding steroid dienone is 6. The van der Waals surface area contributed by atoms with E-state index in [0.717, 1.165) is 31.4 Å². The number of unbranched alkanes of at least 4 members (excludes halogenated alkanes) is 7. The van der Waals surface area contributed by atoms with Gasteiger partial charge in [0.1, 0.15) is 6.10 Å². The van der Waals surface area contributed by atoms with Crippen LogP contribution in [0.5, 0.6) is 0 Å². The molecule has 0 radical (unpaired) electrons. The SMILES string of the molecule is C/C=C\C(=C/CNC)C(F)(F)F.C=C/C(=C\C(=C)NC(C)=O)C(F)(F)F.CCCCCCCCCCC(=O)NC(C)C(CO)OC[C@@H](C)OC(OC(C)CO)[C@@H](O)OC=O.CCO. The largest absolute Gasteiger partial charge is 0.432 e. The van der Waals surface area contributed by atoms with Crippen molar-refractivity contribution in [3.8, 4) is 0 Å². The molecule has 0 aromatic heterocycles. The van der Waals surface area contributed by atoms with Crippen LogP contribution in [0.15, 0.2) is 60.4 Å². The van der Waals surface area contributed by atoms with Crippen LogP contribution in [0.25, 0.3) is 0 Å². The first-order valence-electron chi connectivity index (χ1n) is 20.7. The number of amides is 2. The molecule has 0 aliphatic rings. The minimum Gasteiger partial charge on any atom is -0.432 e. The number of alkyl halides is 6. The van der Waals surface area contributed by atoms with Gasteiger partial charge in [0.2, 0.25) is 18.1 Å². The number of hydrogen-bond donors (Lipinski definition) is 7. The molecule has 0 heterocycles. The van der Waals surface area contributed by atoms with Gasteiger partial charge < -0.3 is 55.3 Å². The summed E-state index contributed by atoms with van der Waals surface area (Å²) < 4.78 is 93.6. The van der Waals surface area contributed by atoms with Crippen LogP contribution < -0.4 is 16.0 Å². The zero-order chi connectivity index (χ0) is 49.4. The molecule has 14 nitrogen and oxygen atoms in total. The van der Waals surface area contributed by atoms with E-state index in [4.69, 9.17) is 24.4 Å². The van der Waals surface area contributed by atoms with E-state index in [1.165, 1.54) is 45.1 Å². The number of nitrogens with one attached hydrogen (secondary N) is 3. The lowest BCUT2D eigenvalue weighted by molar-refractivity contribution is -0.288. The van der Waals surface area contributed by atoms with Gasteiger partial charge in [-0.3, -0.25) is 14.4 Å². The fourth-order valence-electron chi connectivity index (χ4n) is 4.66. The molecular formula is C43H75F6N3O11. The maximum Gasteiger partial charge on any atom is 0.416 e. The first-order chi connectivity index (χ1) is 29.5. The minimum absolute atomic E-state index is 0.0185. The third kappa shape index (κ3) is 40.9. The Balaban J connectivity index is -0.000000487. The summed E-state index contributed by atoms with van der Waals surface area (Å²) in [6.07, 6.45) is 0.945. The number of halogens is 6. The van der Waals surface area contributed by atoms with Gasteiger partial charge in [-0.15, -0.1) is 0 Å². The Morgan fingerprint density at radius 2 is 1.37 bits per heavy atom. The Morgan fingerprint density at radius 3 is 1.79 bits per heavy atom. The Bertz CT molecular complexity index is 1300. The first-order valence-corrected chi connectivity index (χ1v) is 20.7. The van der Waals surface area contributed by atoms with E-state index in [0.29, 0.717) is 18.6 Å². The third-order valence-corrected chi connectivity index (χ3v) is 7.76. The lowest BCUT2D eigenvalue weighted by Gasteiger charge is -2.29. The van der Waals surface area contributed by atoms with Crippen molar-refractivity contribution in [2.75, 3.05) is 40.0 Å². The molecule has 63 heavy (non-hydrogen) atoms. The second-order valence-electron chi connectivity index (χ2n) is 13.7. The summed E-state index contributed by atoms with van der Waals surface area (Å²) >= 11 is 0. The van der Waals surface area contributed by atoms with E-state index in [1.54, 1.807) is 41.7 Å². The molecule has 0 fully saturated rings. The predicted octanol–water partition coefficient (Wildman–Crippen LogP) is 6.60. The fraction of sp³-hybridized carbons (Fsp3) is 0.698. The van der Waals surface area contributed by atoms with Crippen molar-refractivity contribution in [3.63, 3.8) is 0 Å². The van der Waals surface area contributed by atoms with E-state index >= 15 is 0 Å². The number of ether oxygens (including phenoxy) is 4. The van der Waals surface area contributed by atoms with Crippen LogP contribution in [0.1, 0.15) is 106 Å². The molecule has 0 aromatic rings. The Morgan fingerprint density at radius 1 is 0.841 bits per heavy atom. The molecule has 4 unspecified atom stereocenters. The predicted molar refractivity (Wildman–Crippen MR) is 230 cm³/mol. The van der Waals surface area contributed by atoms with E-state index in [2.05, 4.69) is 40.8 Å². The number of likely N-dealkylation sites (N-methyl/N-ethyl adjacent to an activating group) is 1. The highest BCUT2D eigenvalue weighted by Crippen LogP contribution is 2.27. The van der Waals surface area contributed by atoms with Crippen molar-refractivity contribution >= 4 is 18.3 Å². The van der Waals surface area contributed by atoms with Crippen molar-refractivity contribution in [1.82, 2.24) is 16.0 Å². The monoisotopic (exact) mass is 924 g/mol. The standard InChI is InChI=1S/C24H47NO9.C9H10F3NO.C8H12F3N.C2H6O/c1-5-6-7-8-9-10-11-12-13-22(29)25-20(4)21(15-27)31-16-19(3)34-24(23(30)32-17-28)33-18(2)14-26;1-4-8(9(10,11)12)5-6(2)13-7(3)14;1-3-4-7(5-6-12-2)8(9,10)11;1-2-3/h17-21,23-24,26-27,30H,5-16H2,1-4H3,(H,25,29);4-5H,1-2H2,3H3,(H,13,14);3-5,12H,6H2,1-2H3;3H,2H2,1H3/b;8-5+;4-3-,7-5+;/t18?,19-,20?,21?,23+,24?;;;/m1.../s1. The molecule has 0 aliphatic carbocycles. The maximum atomic E-state index is 12.2.